The fourth-order valence-electron chi connectivity index (χ4n) is 2.27. The minimum atomic E-state index is -0.294. The second kappa shape index (κ2) is 7.72. The number of nitrogens with one attached hydrogen (secondary N) is 1. The van der Waals surface area contributed by atoms with Crippen LogP contribution in [0.25, 0.3) is 5.69 Å². The van der Waals surface area contributed by atoms with Gasteiger partial charge in [-0.1, -0.05) is 23.7 Å². The van der Waals surface area contributed by atoms with Crippen molar-refractivity contribution in [3.8, 4) is 17.2 Å². The van der Waals surface area contributed by atoms with Gasteiger partial charge in [0.2, 0.25) is 0 Å². The van der Waals surface area contributed by atoms with Crippen molar-refractivity contribution in [2.75, 3.05) is 19.0 Å². The number of hydrogen-bond acceptors (Lipinski definition) is 4. The summed E-state index contributed by atoms with van der Waals surface area (Å²) in [4.78, 5) is 16.1. The maximum Gasteiger partial charge on any atom is 0.262 e. The van der Waals surface area contributed by atoms with Gasteiger partial charge in [0.15, 0.2) is 18.1 Å². The first kappa shape index (κ1) is 16.9. The molecule has 0 aliphatic heterocycles. The maximum atomic E-state index is 12.1. The molecule has 0 spiro atoms. The fraction of sp³-hybridized carbons (Fsp3) is 0.111. The van der Waals surface area contributed by atoms with Gasteiger partial charge in [-0.05, 0) is 30.3 Å². The zero-order valence-corrected chi connectivity index (χ0v) is 14.2. The molecular formula is C18H16ClN3O3. The molecule has 7 heteroatoms. The lowest BCUT2D eigenvalue weighted by Crippen LogP contribution is -2.20. The number of aromatic nitrogens is 2. The van der Waals surface area contributed by atoms with E-state index in [0.717, 1.165) is 5.69 Å². The molecule has 0 saturated heterocycles. The highest BCUT2D eigenvalue weighted by atomic mass is 35.5. The van der Waals surface area contributed by atoms with Crippen molar-refractivity contribution in [1.29, 1.82) is 0 Å². The van der Waals surface area contributed by atoms with Crippen molar-refractivity contribution < 1.29 is 14.3 Å². The number of rotatable bonds is 6. The number of methoxy groups -OCH3 is 1. The van der Waals surface area contributed by atoms with Crippen LogP contribution in [0.1, 0.15) is 0 Å². The summed E-state index contributed by atoms with van der Waals surface area (Å²) in [5.74, 6) is 0.786. The fourth-order valence-corrected chi connectivity index (χ4v) is 2.55. The summed E-state index contributed by atoms with van der Waals surface area (Å²) in [5.41, 5.74) is 1.37. The Morgan fingerprint density at radius 2 is 2.04 bits per heavy atom. The van der Waals surface area contributed by atoms with E-state index in [1.807, 2.05) is 12.1 Å². The van der Waals surface area contributed by atoms with Crippen LogP contribution in [-0.4, -0.2) is 29.2 Å². The summed E-state index contributed by atoms with van der Waals surface area (Å²) in [6, 6.07) is 12.4. The topological polar surface area (TPSA) is 65.4 Å². The van der Waals surface area contributed by atoms with Crippen LogP contribution in [0.3, 0.4) is 0 Å². The molecule has 0 atom stereocenters. The van der Waals surface area contributed by atoms with E-state index in [1.54, 1.807) is 60.7 Å². The molecule has 0 fully saturated rings. The van der Waals surface area contributed by atoms with Gasteiger partial charge in [0, 0.05) is 18.1 Å². The Kier molecular flexibility index (Phi) is 5.20. The van der Waals surface area contributed by atoms with Crippen molar-refractivity contribution >= 4 is 23.2 Å². The molecule has 3 rings (SSSR count). The summed E-state index contributed by atoms with van der Waals surface area (Å²) in [5, 5.41) is 3.25. The molecule has 1 heterocycles. The largest absolute Gasteiger partial charge is 0.493 e. The molecule has 0 bridgehead atoms. The molecule has 1 aromatic heterocycles. The first-order valence-electron chi connectivity index (χ1n) is 7.51. The van der Waals surface area contributed by atoms with Crippen LogP contribution >= 0.6 is 11.6 Å². The van der Waals surface area contributed by atoms with Crippen molar-refractivity contribution in [3.63, 3.8) is 0 Å². The number of nitrogens with zero attached hydrogens (tertiary/aromatic N) is 2. The molecule has 1 N–H and O–H groups in total. The second-order valence-corrected chi connectivity index (χ2v) is 5.53. The minimum absolute atomic E-state index is 0.138. The Balaban J connectivity index is 1.62. The van der Waals surface area contributed by atoms with Gasteiger partial charge in [-0.15, -0.1) is 0 Å². The van der Waals surface area contributed by atoms with Crippen LogP contribution in [0, 0.1) is 0 Å². The lowest BCUT2D eigenvalue weighted by Gasteiger charge is -2.11. The van der Waals surface area contributed by atoms with Gasteiger partial charge >= 0.3 is 0 Å². The number of ether oxygens (including phenoxy) is 2. The third kappa shape index (κ3) is 4.10. The van der Waals surface area contributed by atoms with Gasteiger partial charge < -0.3 is 19.4 Å². The molecule has 2 aromatic carbocycles. The zero-order valence-electron chi connectivity index (χ0n) is 13.5. The number of benzene rings is 2. The average Bonchev–Trinajstić information content (AvgIpc) is 3.14. The molecule has 128 valence electrons. The maximum absolute atomic E-state index is 12.1. The minimum Gasteiger partial charge on any atom is -0.493 e. The van der Waals surface area contributed by atoms with Crippen LogP contribution in [-0.2, 0) is 4.79 Å². The molecule has 0 saturated carbocycles. The van der Waals surface area contributed by atoms with Gasteiger partial charge in [0.1, 0.15) is 0 Å². The quantitative estimate of drug-likeness (QED) is 0.732. The van der Waals surface area contributed by atoms with Crippen molar-refractivity contribution in [2.24, 2.45) is 0 Å². The van der Waals surface area contributed by atoms with Crippen molar-refractivity contribution in [1.82, 2.24) is 9.55 Å². The van der Waals surface area contributed by atoms with E-state index in [-0.39, 0.29) is 12.5 Å². The number of halogens is 1. The van der Waals surface area contributed by atoms with Crippen LogP contribution in [0.15, 0.2) is 61.2 Å². The SMILES string of the molecule is COc1ccccc1OCC(=O)Nc1ccc(-n2ccnc2)c(Cl)c1. The standard InChI is InChI=1S/C18H16ClN3O3/c1-24-16-4-2-3-5-17(16)25-11-18(23)21-13-6-7-15(14(19)10-13)22-9-8-20-12-22/h2-10,12H,11H2,1H3,(H,21,23). The van der Waals surface area contributed by atoms with E-state index in [4.69, 9.17) is 21.1 Å². The molecule has 0 aliphatic carbocycles. The highest BCUT2D eigenvalue weighted by Crippen LogP contribution is 2.26. The number of para-hydroxylation sites is 2. The Morgan fingerprint density at radius 1 is 1.24 bits per heavy atom. The highest BCUT2D eigenvalue weighted by molar-refractivity contribution is 6.32. The van der Waals surface area contributed by atoms with Crippen LogP contribution in [0.5, 0.6) is 11.5 Å². The van der Waals surface area contributed by atoms with Gasteiger partial charge in [0.05, 0.1) is 24.1 Å². The molecule has 3 aromatic rings. The zero-order chi connectivity index (χ0) is 17.6. The smallest absolute Gasteiger partial charge is 0.262 e. The summed E-state index contributed by atoms with van der Waals surface area (Å²) in [6.45, 7) is -0.138. The Morgan fingerprint density at radius 3 is 2.72 bits per heavy atom. The first-order valence-corrected chi connectivity index (χ1v) is 7.88. The normalized spacial score (nSPS) is 10.3. The van der Waals surface area contributed by atoms with Crippen LogP contribution in [0.4, 0.5) is 5.69 Å². The van der Waals surface area contributed by atoms with Gasteiger partial charge in [-0.25, -0.2) is 4.98 Å². The van der Waals surface area contributed by atoms with E-state index >= 15 is 0 Å². The Hall–Kier alpha value is -2.99. The van der Waals surface area contributed by atoms with Crippen LogP contribution < -0.4 is 14.8 Å². The highest BCUT2D eigenvalue weighted by Gasteiger charge is 2.09. The molecule has 0 radical (unpaired) electrons. The predicted octanol–water partition coefficient (Wildman–Crippen LogP) is 3.55. The molecule has 0 aliphatic rings. The second-order valence-electron chi connectivity index (χ2n) is 5.12. The van der Waals surface area contributed by atoms with E-state index in [0.29, 0.717) is 22.2 Å². The molecule has 1 amide bonds. The predicted molar refractivity (Wildman–Crippen MR) is 95.7 cm³/mol. The molecule has 6 nitrogen and oxygen atoms in total. The van der Waals surface area contributed by atoms with Crippen molar-refractivity contribution in [3.05, 3.63) is 66.2 Å². The number of carbonyl (C=O) groups is 1. The summed E-state index contributed by atoms with van der Waals surface area (Å²) in [7, 11) is 1.55. The third-order valence-electron chi connectivity index (χ3n) is 3.44. The van der Waals surface area contributed by atoms with E-state index < -0.39 is 0 Å². The van der Waals surface area contributed by atoms with Crippen molar-refractivity contribution in [2.45, 2.75) is 0 Å². The van der Waals surface area contributed by atoms with Gasteiger partial charge in [-0.2, -0.15) is 0 Å². The van der Waals surface area contributed by atoms with Gasteiger partial charge in [-0.3, -0.25) is 4.79 Å². The Bertz CT molecular complexity index is 866. The molecule has 0 unspecified atom stereocenters. The number of anilines is 1. The first-order chi connectivity index (χ1) is 12.2. The lowest BCUT2D eigenvalue weighted by molar-refractivity contribution is -0.118. The third-order valence-corrected chi connectivity index (χ3v) is 3.74. The summed E-state index contributed by atoms with van der Waals surface area (Å²) < 4.78 is 12.5. The van der Waals surface area contributed by atoms with Gasteiger partial charge in [0.25, 0.3) is 5.91 Å². The number of hydrogen-bond donors (Lipinski definition) is 1. The van der Waals surface area contributed by atoms with E-state index in [1.165, 1.54) is 0 Å². The summed E-state index contributed by atoms with van der Waals surface area (Å²) in [6.07, 6.45) is 5.11. The number of carbonyl (C=O) groups excluding carboxylic acids is 1. The van der Waals surface area contributed by atoms with E-state index in [2.05, 4.69) is 10.3 Å². The molecular weight excluding hydrogens is 342 g/mol. The van der Waals surface area contributed by atoms with E-state index in [9.17, 15) is 4.79 Å². The van der Waals surface area contributed by atoms with Crippen LogP contribution in [0.2, 0.25) is 5.02 Å². The number of amides is 1. The Labute approximate surface area is 150 Å². The lowest BCUT2D eigenvalue weighted by atomic mass is 10.2. The average molecular weight is 358 g/mol. The number of imidazole rings is 1. The molecule has 25 heavy (non-hydrogen) atoms. The monoisotopic (exact) mass is 357 g/mol. The summed E-state index contributed by atoms with van der Waals surface area (Å²) >= 11 is 6.27.